The minimum atomic E-state index is -0.0882. The SMILES string of the molecule is O=C(NCCCOCCBr)c1cccc2cccnc12. The van der Waals surface area contributed by atoms with Crippen molar-refractivity contribution < 1.29 is 9.53 Å². The highest BCUT2D eigenvalue weighted by atomic mass is 79.9. The Bertz CT molecular complexity index is 569. The van der Waals surface area contributed by atoms with Gasteiger partial charge in [-0.2, -0.15) is 0 Å². The molecule has 1 aromatic carbocycles. The van der Waals surface area contributed by atoms with Crippen LogP contribution >= 0.6 is 15.9 Å². The van der Waals surface area contributed by atoms with Crippen LogP contribution in [0.1, 0.15) is 16.8 Å². The monoisotopic (exact) mass is 336 g/mol. The Labute approximate surface area is 126 Å². The molecule has 0 radical (unpaired) electrons. The molecule has 0 spiro atoms. The summed E-state index contributed by atoms with van der Waals surface area (Å²) in [5.41, 5.74) is 1.35. The normalized spacial score (nSPS) is 10.7. The number of aromatic nitrogens is 1. The molecule has 1 amide bonds. The minimum Gasteiger partial charge on any atom is -0.381 e. The van der Waals surface area contributed by atoms with E-state index in [-0.39, 0.29) is 5.91 Å². The van der Waals surface area contributed by atoms with Gasteiger partial charge in [0.1, 0.15) is 0 Å². The number of nitrogens with zero attached hydrogens (tertiary/aromatic N) is 1. The highest BCUT2D eigenvalue weighted by Gasteiger charge is 2.09. The third-order valence-electron chi connectivity index (χ3n) is 2.85. The van der Waals surface area contributed by atoms with E-state index in [1.807, 2.05) is 24.3 Å². The van der Waals surface area contributed by atoms with E-state index in [0.717, 1.165) is 22.7 Å². The molecule has 0 bridgehead atoms. The van der Waals surface area contributed by atoms with Crippen molar-refractivity contribution in [2.24, 2.45) is 0 Å². The smallest absolute Gasteiger partial charge is 0.253 e. The number of nitrogens with one attached hydrogen (secondary N) is 1. The van der Waals surface area contributed by atoms with E-state index < -0.39 is 0 Å². The molecular weight excluding hydrogens is 320 g/mol. The van der Waals surface area contributed by atoms with Crippen LogP contribution in [0, 0.1) is 0 Å². The molecule has 1 aromatic heterocycles. The number of rotatable bonds is 7. The maximum absolute atomic E-state index is 12.1. The van der Waals surface area contributed by atoms with Gasteiger partial charge in [0.25, 0.3) is 5.91 Å². The number of pyridine rings is 1. The second kappa shape index (κ2) is 7.97. The number of carbonyl (C=O) groups is 1. The first-order valence-corrected chi connectivity index (χ1v) is 7.70. The van der Waals surface area contributed by atoms with E-state index >= 15 is 0 Å². The van der Waals surface area contributed by atoms with Gasteiger partial charge in [-0.05, 0) is 18.6 Å². The van der Waals surface area contributed by atoms with Crippen molar-refractivity contribution in [3.8, 4) is 0 Å². The standard InChI is InChI=1S/C15H17BrN2O2/c16-7-11-20-10-3-9-18-15(19)13-6-1-4-12-5-2-8-17-14(12)13/h1-2,4-6,8H,3,7,9-11H2,(H,18,19). The molecule has 0 unspecified atom stereocenters. The number of fused-ring (bicyclic) bond motifs is 1. The minimum absolute atomic E-state index is 0.0882. The van der Waals surface area contributed by atoms with Crippen LogP contribution < -0.4 is 5.32 Å². The summed E-state index contributed by atoms with van der Waals surface area (Å²) < 4.78 is 5.33. The van der Waals surface area contributed by atoms with E-state index in [9.17, 15) is 4.79 Å². The summed E-state index contributed by atoms with van der Waals surface area (Å²) in [6.07, 6.45) is 2.50. The Morgan fingerprint density at radius 1 is 1.25 bits per heavy atom. The number of hydrogen-bond donors (Lipinski definition) is 1. The van der Waals surface area contributed by atoms with Crippen LogP contribution in [-0.2, 0) is 4.74 Å². The fraction of sp³-hybridized carbons (Fsp3) is 0.333. The summed E-state index contributed by atoms with van der Waals surface area (Å²) in [5.74, 6) is -0.0882. The zero-order valence-corrected chi connectivity index (χ0v) is 12.7. The van der Waals surface area contributed by atoms with Crippen molar-refractivity contribution in [2.75, 3.05) is 25.1 Å². The van der Waals surface area contributed by atoms with Crippen LogP contribution in [-0.4, -0.2) is 36.0 Å². The highest BCUT2D eigenvalue weighted by molar-refractivity contribution is 9.09. The van der Waals surface area contributed by atoms with Gasteiger partial charge in [0.05, 0.1) is 17.7 Å². The first kappa shape index (κ1) is 14.9. The summed E-state index contributed by atoms with van der Waals surface area (Å²) in [4.78, 5) is 16.4. The van der Waals surface area contributed by atoms with E-state index in [4.69, 9.17) is 4.74 Å². The molecule has 2 rings (SSSR count). The maximum atomic E-state index is 12.1. The van der Waals surface area contributed by atoms with Crippen LogP contribution in [0.4, 0.5) is 0 Å². The van der Waals surface area contributed by atoms with Crippen molar-refractivity contribution in [2.45, 2.75) is 6.42 Å². The van der Waals surface area contributed by atoms with Gasteiger partial charge in [-0.15, -0.1) is 0 Å². The molecule has 0 aliphatic heterocycles. The highest BCUT2D eigenvalue weighted by Crippen LogP contribution is 2.15. The Kier molecular flexibility index (Phi) is 5.95. The lowest BCUT2D eigenvalue weighted by Crippen LogP contribution is -2.25. The first-order chi connectivity index (χ1) is 9.83. The number of hydrogen-bond acceptors (Lipinski definition) is 3. The van der Waals surface area contributed by atoms with Crippen LogP contribution in [0.5, 0.6) is 0 Å². The second-order valence-corrected chi connectivity index (χ2v) is 5.08. The molecule has 0 aliphatic rings. The number of para-hydroxylation sites is 1. The van der Waals surface area contributed by atoms with E-state index in [1.54, 1.807) is 12.3 Å². The van der Waals surface area contributed by atoms with E-state index in [0.29, 0.717) is 25.3 Å². The molecule has 0 saturated heterocycles. The average Bonchev–Trinajstić information content (AvgIpc) is 2.50. The average molecular weight is 337 g/mol. The third-order valence-corrected chi connectivity index (χ3v) is 3.17. The largest absolute Gasteiger partial charge is 0.381 e. The molecule has 0 aliphatic carbocycles. The van der Waals surface area contributed by atoms with Crippen molar-refractivity contribution in [3.63, 3.8) is 0 Å². The summed E-state index contributed by atoms with van der Waals surface area (Å²) in [6.45, 7) is 1.95. The van der Waals surface area contributed by atoms with Gasteiger partial charge in [0, 0.05) is 30.1 Å². The fourth-order valence-corrected chi connectivity index (χ4v) is 2.14. The molecule has 2 aromatic rings. The van der Waals surface area contributed by atoms with Crippen LogP contribution in [0.3, 0.4) is 0 Å². The molecule has 4 nitrogen and oxygen atoms in total. The van der Waals surface area contributed by atoms with Gasteiger partial charge in [-0.3, -0.25) is 9.78 Å². The third kappa shape index (κ3) is 4.02. The van der Waals surface area contributed by atoms with Gasteiger partial charge < -0.3 is 10.1 Å². The van der Waals surface area contributed by atoms with Crippen molar-refractivity contribution in [1.29, 1.82) is 0 Å². The van der Waals surface area contributed by atoms with Crippen LogP contribution in [0.2, 0.25) is 0 Å². The van der Waals surface area contributed by atoms with Crippen molar-refractivity contribution in [1.82, 2.24) is 10.3 Å². The zero-order chi connectivity index (χ0) is 14.2. The van der Waals surface area contributed by atoms with E-state index in [1.165, 1.54) is 0 Å². The molecule has 0 fully saturated rings. The Balaban J connectivity index is 1.91. The predicted octanol–water partition coefficient (Wildman–Crippen LogP) is 2.77. The lowest BCUT2D eigenvalue weighted by molar-refractivity contribution is 0.0946. The van der Waals surface area contributed by atoms with Crippen LogP contribution in [0.25, 0.3) is 10.9 Å². The second-order valence-electron chi connectivity index (χ2n) is 4.29. The number of carbonyl (C=O) groups excluding carboxylic acids is 1. The lowest BCUT2D eigenvalue weighted by Gasteiger charge is -2.07. The maximum Gasteiger partial charge on any atom is 0.253 e. The zero-order valence-electron chi connectivity index (χ0n) is 11.1. The Morgan fingerprint density at radius 3 is 2.95 bits per heavy atom. The van der Waals surface area contributed by atoms with Crippen molar-refractivity contribution >= 4 is 32.7 Å². The number of benzene rings is 1. The molecule has 0 atom stereocenters. The van der Waals surface area contributed by atoms with E-state index in [2.05, 4.69) is 26.2 Å². The number of ether oxygens (including phenoxy) is 1. The van der Waals surface area contributed by atoms with Gasteiger partial charge in [0.2, 0.25) is 0 Å². The summed E-state index contributed by atoms with van der Waals surface area (Å²) in [5, 5.41) is 4.70. The number of amides is 1. The van der Waals surface area contributed by atoms with Gasteiger partial charge in [0.15, 0.2) is 0 Å². The van der Waals surface area contributed by atoms with Gasteiger partial charge in [-0.25, -0.2) is 0 Å². The first-order valence-electron chi connectivity index (χ1n) is 6.58. The topological polar surface area (TPSA) is 51.2 Å². The molecule has 1 heterocycles. The van der Waals surface area contributed by atoms with Crippen LogP contribution in [0.15, 0.2) is 36.5 Å². The molecule has 5 heteroatoms. The fourth-order valence-electron chi connectivity index (χ4n) is 1.92. The summed E-state index contributed by atoms with van der Waals surface area (Å²) in [6, 6.07) is 9.44. The number of halogens is 1. The molecule has 0 saturated carbocycles. The Hall–Kier alpha value is -1.46. The molecular formula is C15H17BrN2O2. The summed E-state index contributed by atoms with van der Waals surface area (Å²) in [7, 11) is 0. The Morgan fingerprint density at radius 2 is 2.10 bits per heavy atom. The van der Waals surface area contributed by atoms with Gasteiger partial charge in [-0.1, -0.05) is 34.1 Å². The van der Waals surface area contributed by atoms with Gasteiger partial charge >= 0.3 is 0 Å². The molecule has 106 valence electrons. The number of alkyl halides is 1. The summed E-state index contributed by atoms with van der Waals surface area (Å²) >= 11 is 3.29. The molecule has 1 N–H and O–H groups in total. The lowest BCUT2D eigenvalue weighted by atomic mass is 10.1. The quantitative estimate of drug-likeness (QED) is 0.624. The van der Waals surface area contributed by atoms with Crippen molar-refractivity contribution in [3.05, 3.63) is 42.1 Å². The molecule has 20 heavy (non-hydrogen) atoms. The predicted molar refractivity (Wildman–Crippen MR) is 83.3 cm³/mol.